The van der Waals surface area contributed by atoms with Crippen LogP contribution in [0.3, 0.4) is 0 Å². The standard InChI is InChI=1S/C11H13ClO3/c1-11(2,14)10-4-6-3-8(13)7(12)5-9(6)15-10/h3,5,10,13-14H,4H2,1-2H3/t10-/m0/s1. The van der Waals surface area contributed by atoms with Crippen LogP contribution in [-0.2, 0) is 6.42 Å². The minimum absolute atomic E-state index is 0.0513. The predicted octanol–water partition coefficient (Wildman–Crippen LogP) is 2.12. The number of rotatable bonds is 1. The highest BCUT2D eigenvalue weighted by molar-refractivity contribution is 6.32. The predicted molar refractivity (Wildman–Crippen MR) is 57.5 cm³/mol. The van der Waals surface area contributed by atoms with Gasteiger partial charge in [0.2, 0.25) is 0 Å². The van der Waals surface area contributed by atoms with Gasteiger partial charge in [-0.25, -0.2) is 0 Å². The largest absolute Gasteiger partial charge is 0.506 e. The summed E-state index contributed by atoms with van der Waals surface area (Å²) in [7, 11) is 0. The van der Waals surface area contributed by atoms with Crippen molar-refractivity contribution in [3.8, 4) is 11.5 Å². The summed E-state index contributed by atoms with van der Waals surface area (Å²) in [6, 6.07) is 3.17. The summed E-state index contributed by atoms with van der Waals surface area (Å²) < 4.78 is 5.56. The molecular formula is C11H13ClO3. The molecule has 1 aromatic carbocycles. The van der Waals surface area contributed by atoms with Crippen LogP contribution in [0, 0.1) is 0 Å². The zero-order valence-electron chi connectivity index (χ0n) is 8.62. The Hall–Kier alpha value is -0.930. The van der Waals surface area contributed by atoms with E-state index >= 15 is 0 Å². The maximum absolute atomic E-state index is 9.81. The molecule has 0 aromatic heterocycles. The molecule has 82 valence electrons. The average Bonchev–Trinajstić information content (AvgIpc) is 2.47. The number of hydrogen-bond donors (Lipinski definition) is 2. The van der Waals surface area contributed by atoms with Crippen LogP contribution >= 0.6 is 11.6 Å². The van der Waals surface area contributed by atoms with Crippen LogP contribution in [0.5, 0.6) is 11.5 Å². The van der Waals surface area contributed by atoms with Crippen LogP contribution in [0.1, 0.15) is 19.4 Å². The van der Waals surface area contributed by atoms with Gasteiger partial charge >= 0.3 is 0 Å². The smallest absolute Gasteiger partial charge is 0.134 e. The Morgan fingerprint density at radius 1 is 1.47 bits per heavy atom. The fraction of sp³-hybridized carbons (Fsp3) is 0.455. The van der Waals surface area contributed by atoms with Gasteiger partial charge in [-0.3, -0.25) is 0 Å². The Kier molecular flexibility index (Phi) is 2.32. The molecular weight excluding hydrogens is 216 g/mol. The van der Waals surface area contributed by atoms with E-state index in [-0.39, 0.29) is 16.9 Å². The molecule has 4 heteroatoms. The number of ether oxygens (including phenoxy) is 1. The van der Waals surface area contributed by atoms with Gasteiger partial charge in [0.05, 0.1) is 10.6 Å². The SMILES string of the molecule is CC(C)(O)[C@@H]1Cc2cc(O)c(Cl)cc2O1. The minimum Gasteiger partial charge on any atom is -0.506 e. The lowest BCUT2D eigenvalue weighted by Crippen LogP contribution is -2.39. The molecule has 0 spiro atoms. The molecule has 3 nitrogen and oxygen atoms in total. The van der Waals surface area contributed by atoms with E-state index in [0.717, 1.165) is 5.56 Å². The Balaban J connectivity index is 2.32. The summed E-state index contributed by atoms with van der Waals surface area (Å²) in [5.41, 5.74) is -0.0229. The number of fused-ring (bicyclic) bond motifs is 1. The van der Waals surface area contributed by atoms with Crippen LogP contribution in [0.25, 0.3) is 0 Å². The first-order valence-corrected chi connectivity index (χ1v) is 5.16. The zero-order valence-corrected chi connectivity index (χ0v) is 9.38. The molecule has 1 heterocycles. The monoisotopic (exact) mass is 228 g/mol. The van der Waals surface area contributed by atoms with Crippen LogP contribution in [0.4, 0.5) is 0 Å². The van der Waals surface area contributed by atoms with Crippen molar-refractivity contribution in [1.29, 1.82) is 0 Å². The first-order valence-electron chi connectivity index (χ1n) is 4.78. The van der Waals surface area contributed by atoms with Gasteiger partial charge in [-0.2, -0.15) is 0 Å². The molecule has 0 saturated heterocycles. The summed E-state index contributed by atoms with van der Waals surface area (Å²) in [6.45, 7) is 3.40. The van der Waals surface area contributed by atoms with Crippen molar-refractivity contribution in [2.45, 2.75) is 32.0 Å². The molecule has 1 atom stereocenters. The van der Waals surface area contributed by atoms with Crippen molar-refractivity contribution in [3.05, 3.63) is 22.7 Å². The van der Waals surface area contributed by atoms with Crippen molar-refractivity contribution in [2.24, 2.45) is 0 Å². The lowest BCUT2D eigenvalue weighted by Gasteiger charge is -2.24. The van der Waals surface area contributed by atoms with E-state index in [2.05, 4.69) is 0 Å². The molecule has 0 radical (unpaired) electrons. The Morgan fingerprint density at radius 3 is 2.73 bits per heavy atom. The summed E-state index contributed by atoms with van der Waals surface area (Å²) in [5, 5.41) is 19.5. The molecule has 2 N–H and O–H groups in total. The van der Waals surface area contributed by atoms with Crippen LogP contribution in [-0.4, -0.2) is 21.9 Å². The molecule has 1 aliphatic heterocycles. The van der Waals surface area contributed by atoms with Gasteiger partial charge in [0.15, 0.2) is 0 Å². The number of phenols is 1. The Labute approximate surface area is 93.3 Å². The maximum Gasteiger partial charge on any atom is 0.134 e. The number of halogens is 1. The minimum atomic E-state index is -0.902. The first kappa shape index (κ1) is 10.6. The highest BCUT2D eigenvalue weighted by Crippen LogP contribution is 2.38. The summed E-state index contributed by atoms with van der Waals surface area (Å²) >= 11 is 5.76. The lowest BCUT2D eigenvalue weighted by atomic mass is 9.97. The third-order valence-electron chi connectivity index (χ3n) is 2.59. The van der Waals surface area contributed by atoms with E-state index in [9.17, 15) is 10.2 Å². The van der Waals surface area contributed by atoms with E-state index in [0.29, 0.717) is 12.2 Å². The van der Waals surface area contributed by atoms with Crippen molar-refractivity contribution >= 4 is 11.6 Å². The molecule has 0 fully saturated rings. The Morgan fingerprint density at radius 2 is 2.13 bits per heavy atom. The number of phenolic OH excluding ortho intramolecular Hbond substituents is 1. The summed E-state index contributed by atoms with van der Waals surface area (Å²) in [5.74, 6) is 0.695. The van der Waals surface area contributed by atoms with Gasteiger partial charge in [0.25, 0.3) is 0 Å². The van der Waals surface area contributed by atoms with Gasteiger partial charge in [0, 0.05) is 18.1 Å². The maximum atomic E-state index is 9.81. The van der Waals surface area contributed by atoms with E-state index in [1.807, 2.05) is 0 Å². The third-order valence-corrected chi connectivity index (χ3v) is 2.90. The number of aliphatic hydroxyl groups is 1. The van der Waals surface area contributed by atoms with Crippen LogP contribution < -0.4 is 4.74 Å². The normalized spacial score (nSPS) is 19.9. The highest BCUT2D eigenvalue weighted by atomic mass is 35.5. The second-order valence-electron chi connectivity index (χ2n) is 4.38. The molecule has 0 saturated carbocycles. The van der Waals surface area contributed by atoms with Crippen molar-refractivity contribution in [1.82, 2.24) is 0 Å². The average molecular weight is 229 g/mol. The molecule has 0 unspecified atom stereocenters. The van der Waals surface area contributed by atoms with E-state index in [1.54, 1.807) is 26.0 Å². The fourth-order valence-electron chi connectivity index (χ4n) is 1.64. The van der Waals surface area contributed by atoms with Gasteiger partial charge < -0.3 is 14.9 Å². The fourth-order valence-corrected chi connectivity index (χ4v) is 1.80. The molecule has 1 aliphatic rings. The summed E-state index contributed by atoms with van der Waals surface area (Å²) in [6.07, 6.45) is 0.300. The number of benzene rings is 1. The van der Waals surface area contributed by atoms with Crippen molar-refractivity contribution in [3.63, 3.8) is 0 Å². The molecule has 0 aliphatic carbocycles. The topological polar surface area (TPSA) is 49.7 Å². The van der Waals surface area contributed by atoms with Gasteiger partial charge in [0.1, 0.15) is 17.6 Å². The van der Waals surface area contributed by atoms with Crippen LogP contribution in [0.15, 0.2) is 12.1 Å². The van der Waals surface area contributed by atoms with Crippen molar-refractivity contribution in [2.75, 3.05) is 0 Å². The van der Waals surface area contributed by atoms with Gasteiger partial charge in [-0.15, -0.1) is 0 Å². The van der Waals surface area contributed by atoms with Crippen molar-refractivity contribution < 1.29 is 14.9 Å². The molecule has 2 rings (SSSR count). The lowest BCUT2D eigenvalue weighted by molar-refractivity contribution is -0.0229. The molecule has 1 aromatic rings. The van der Waals surface area contributed by atoms with Gasteiger partial charge in [-0.1, -0.05) is 11.6 Å². The van der Waals surface area contributed by atoms with E-state index in [4.69, 9.17) is 16.3 Å². The Bertz CT molecular complexity index is 365. The molecule has 15 heavy (non-hydrogen) atoms. The number of aromatic hydroxyl groups is 1. The van der Waals surface area contributed by atoms with Gasteiger partial charge in [-0.05, 0) is 19.9 Å². The third kappa shape index (κ3) is 1.90. The highest BCUT2D eigenvalue weighted by Gasteiger charge is 2.35. The second kappa shape index (κ2) is 3.29. The second-order valence-corrected chi connectivity index (χ2v) is 4.78. The summed E-state index contributed by atoms with van der Waals surface area (Å²) in [4.78, 5) is 0. The van der Waals surface area contributed by atoms with E-state index < -0.39 is 5.60 Å². The zero-order chi connectivity index (χ0) is 11.2. The quantitative estimate of drug-likeness (QED) is 0.774. The first-order chi connectivity index (χ1) is 6.88. The molecule has 0 bridgehead atoms. The molecule has 0 amide bonds. The number of hydrogen-bond acceptors (Lipinski definition) is 3. The van der Waals surface area contributed by atoms with E-state index in [1.165, 1.54) is 0 Å². The van der Waals surface area contributed by atoms with Crippen LogP contribution in [0.2, 0.25) is 5.02 Å².